The number of aliphatic imine (C=N–C) groups is 1. The molecule has 1 fully saturated rings. The largest absolute Gasteiger partial charge is 0.387 e. The summed E-state index contributed by atoms with van der Waals surface area (Å²) in [6, 6.07) is 7.90. The van der Waals surface area contributed by atoms with Crippen LogP contribution in [0.2, 0.25) is 5.02 Å². The second-order valence-electron chi connectivity index (χ2n) is 6.08. The second kappa shape index (κ2) is 9.54. The summed E-state index contributed by atoms with van der Waals surface area (Å²) in [5.74, 6) is 1.81. The summed E-state index contributed by atoms with van der Waals surface area (Å²) in [7, 11) is 0. The maximum atomic E-state index is 10.7. The Balaban J connectivity index is 1.83. The molecule has 0 amide bonds. The number of nitrogens with one attached hydrogen (secondary N) is 2. The van der Waals surface area contributed by atoms with Gasteiger partial charge in [0.05, 0.1) is 12.1 Å². The van der Waals surface area contributed by atoms with Gasteiger partial charge < -0.3 is 15.7 Å². The summed E-state index contributed by atoms with van der Waals surface area (Å²) in [4.78, 5) is 4.60. The van der Waals surface area contributed by atoms with Gasteiger partial charge >= 0.3 is 0 Å². The summed E-state index contributed by atoms with van der Waals surface area (Å²) >= 11 is 7.74. The third-order valence-corrected chi connectivity index (χ3v) is 5.94. The minimum Gasteiger partial charge on any atom is -0.387 e. The molecule has 0 aromatic heterocycles. The molecular weight excluding hydrogens is 342 g/mol. The maximum Gasteiger partial charge on any atom is 0.191 e. The first-order chi connectivity index (χ1) is 11.6. The Kier molecular flexibility index (Phi) is 7.72. The van der Waals surface area contributed by atoms with E-state index in [0.717, 1.165) is 49.1 Å². The number of guanidine groups is 1. The molecule has 0 radical (unpaired) electrons. The van der Waals surface area contributed by atoms with Gasteiger partial charge in [0.2, 0.25) is 0 Å². The van der Waals surface area contributed by atoms with Crippen LogP contribution in [0, 0.1) is 0 Å². The zero-order chi connectivity index (χ0) is 17.4. The van der Waals surface area contributed by atoms with Crippen molar-refractivity contribution in [1.82, 2.24) is 10.6 Å². The molecule has 0 saturated heterocycles. The molecule has 4 nitrogen and oxygen atoms in total. The highest BCUT2D eigenvalue weighted by Gasteiger charge is 2.45. The van der Waals surface area contributed by atoms with E-state index in [4.69, 9.17) is 11.6 Å². The van der Waals surface area contributed by atoms with Crippen LogP contribution in [0.1, 0.15) is 32.3 Å². The molecular formula is C18H28ClN3OS. The van der Waals surface area contributed by atoms with Gasteiger partial charge in [0.15, 0.2) is 5.96 Å². The van der Waals surface area contributed by atoms with Crippen LogP contribution in [-0.4, -0.2) is 47.3 Å². The van der Waals surface area contributed by atoms with Gasteiger partial charge in [-0.1, -0.05) is 30.7 Å². The Bertz CT molecular complexity index is 538. The Morgan fingerprint density at radius 2 is 2.08 bits per heavy atom. The molecule has 1 aliphatic rings. The van der Waals surface area contributed by atoms with Gasteiger partial charge in [0, 0.05) is 23.4 Å². The highest BCUT2D eigenvalue weighted by molar-refractivity contribution is 8.00. The zero-order valence-corrected chi connectivity index (χ0v) is 16.1. The molecule has 0 aliphatic heterocycles. The lowest BCUT2D eigenvalue weighted by Crippen LogP contribution is -2.53. The van der Waals surface area contributed by atoms with Crippen LogP contribution in [0.3, 0.4) is 0 Å². The van der Waals surface area contributed by atoms with Crippen LogP contribution in [0.5, 0.6) is 0 Å². The average molecular weight is 370 g/mol. The molecule has 1 aliphatic carbocycles. The Morgan fingerprint density at radius 3 is 2.67 bits per heavy atom. The Morgan fingerprint density at radius 1 is 1.33 bits per heavy atom. The zero-order valence-electron chi connectivity index (χ0n) is 14.5. The lowest BCUT2D eigenvalue weighted by molar-refractivity contribution is -0.0154. The third-order valence-electron chi connectivity index (χ3n) is 4.28. The van der Waals surface area contributed by atoms with Crippen molar-refractivity contribution in [3.63, 3.8) is 0 Å². The van der Waals surface area contributed by atoms with E-state index < -0.39 is 5.60 Å². The van der Waals surface area contributed by atoms with E-state index >= 15 is 0 Å². The lowest BCUT2D eigenvalue weighted by Gasteiger charge is -2.44. The highest BCUT2D eigenvalue weighted by Crippen LogP contribution is 2.41. The lowest BCUT2D eigenvalue weighted by atomic mass is 9.79. The van der Waals surface area contributed by atoms with Crippen LogP contribution < -0.4 is 10.6 Å². The van der Waals surface area contributed by atoms with Gasteiger partial charge in [-0.3, -0.25) is 4.99 Å². The smallest absolute Gasteiger partial charge is 0.191 e. The van der Waals surface area contributed by atoms with Crippen molar-refractivity contribution in [2.24, 2.45) is 4.99 Å². The molecule has 0 heterocycles. The van der Waals surface area contributed by atoms with E-state index in [-0.39, 0.29) is 0 Å². The van der Waals surface area contributed by atoms with E-state index in [9.17, 15) is 5.11 Å². The Labute approximate surface area is 154 Å². The number of benzene rings is 1. The van der Waals surface area contributed by atoms with Gasteiger partial charge in [-0.2, -0.15) is 11.8 Å². The van der Waals surface area contributed by atoms with E-state index in [2.05, 4.69) is 22.5 Å². The van der Waals surface area contributed by atoms with Crippen molar-refractivity contribution in [1.29, 1.82) is 0 Å². The number of rotatable bonds is 8. The van der Waals surface area contributed by atoms with Crippen molar-refractivity contribution < 1.29 is 5.11 Å². The first kappa shape index (κ1) is 19.4. The fourth-order valence-electron chi connectivity index (χ4n) is 2.75. The van der Waals surface area contributed by atoms with Crippen LogP contribution in [0.4, 0.5) is 0 Å². The number of thioether (sulfide) groups is 1. The summed E-state index contributed by atoms with van der Waals surface area (Å²) in [6.45, 7) is 6.23. The first-order valence-electron chi connectivity index (χ1n) is 8.68. The molecule has 1 aromatic carbocycles. The summed E-state index contributed by atoms with van der Waals surface area (Å²) in [5, 5.41) is 18.3. The minimum atomic E-state index is -0.640. The monoisotopic (exact) mass is 369 g/mol. The average Bonchev–Trinajstić information content (AvgIpc) is 2.58. The molecule has 3 N–H and O–H groups in total. The number of halogens is 1. The van der Waals surface area contributed by atoms with Gasteiger partial charge in [0.25, 0.3) is 0 Å². The van der Waals surface area contributed by atoms with Crippen LogP contribution in [0.25, 0.3) is 0 Å². The molecule has 1 aromatic rings. The number of hydrogen-bond acceptors (Lipinski definition) is 3. The van der Waals surface area contributed by atoms with Gasteiger partial charge in [-0.15, -0.1) is 0 Å². The third kappa shape index (κ3) is 5.57. The molecule has 24 heavy (non-hydrogen) atoms. The molecule has 2 atom stereocenters. The minimum absolute atomic E-state index is 0.322. The fraction of sp³-hybridized carbons (Fsp3) is 0.611. The first-order valence-corrected chi connectivity index (χ1v) is 10.1. The van der Waals surface area contributed by atoms with Crippen molar-refractivity contribution in [2.75, 3.05) is 25.4 Å². The number of nitrogens with zero attached hydrogens (tertiary/aromatic N) is 1. The van der Waals surface area contributed by atoms with Gasteiger partial charge in [-0.25, -0.2) is 0 Å². The summed E-state index contributed by atoms with van der Waals surface area (Å²) in [6.07, 6.45) is 2.84. The highest BCUT2D eigenvalue weighted by atomic mass is 35.5. The molecule has 0 bridgehead atoms. The van der Waals surface area contributed by atoms with E-state index in [0.29, 0.717) is 11.8 Å². The van der Waals surface area contributed by atoms with Crippen molar-refractivity contribution in [3.05, 3.63) is 34.9 Å². The van der Waals surface area contributed by atoms with E-state index in [1.807, 2.05) is 43.0 Å². The van der Waals surface area contributed by atoms with Crippen molar-refractivity contribution >= 4 is 29.3 Å². The van der Waals surface area contributed by atoms with Crippen molar-refractivity contribution in [3.8, 4) is 0 Å². The number of aliphatic hydroxyl groups is 1. The molecule has 1 saturated carbocycles. The Hall–Kier alpha value is -0.910. The van der Waals surface area contributed by atoms with Gasteiger partial charge in [0.1, 0.15) is 0 Å². The predicted molar refractivity (Wildman–Crippen MR) is 105 cm³/mol. The summed E-state index contributed by atoms with van der Waals surface area (Å²) in [5.41, 5.74) is 0.596. The second-order valence-corrected chi connectivity index (χ2v) is 8.00. The molecule has 0 spiro atoms. The van der Waals surface area contributed by atoms with Crippen molar-refractivity contribution in [2.45, 2.75) is 44.0 Å². The fourth-order valence-corrected chi connectivity index (χ4v) is 4.07. The normalized spacial score (nSPS) is 23.7. The standard InChI is InChI=1S/C18H28ClN3OS/c1-3-20-17(21-12-10-14-5-7-15(19)8-6-14)22-13-18(23)11-9-16(18)24-4-2/h5-8,16,23H,3-4,9-13H2,1-2H3,(H2,20,21,22). The van der Waals surface area contributed by atoms with E-state index in [1.165, 1.54) is 5.56 Å². The summed E-state index contributed by atoms with van der Waals surface area (Å²) < 4.78 is 0. The molecule has 134 valence electrons. The van der Waals surface area contributed by atoms with Crippen LogP contribution >= 0.6 is 23.4 Å². The molecule has 2 rings (SSSR count). The van der Waals surface area contributed by atoms with Crippen LogP contribution in [-0.2, 0) is 6.42 Å². The predicted octanol–water partition coefficient (Wildman–Crippen LogP) is 3.08. The topological polar surface area (TPSA) is 56.7 Å². The van der Waals surface area contributed by atoms with Crippen LogP contribution in [0.15, 0.2) is 29.3 Å². The molecule has 6 heteroatoms. The number of hydrogen-bond donors (Lipinski definition) is 3. The SMILES string of the molecule is CCNC(=NCC1(O)CCC1SCC)NCCc1ccc(Cl)cc1. The maximum absolute atomic E-state index is 10.7. The van der Waals surface area contributed by atoms with E-state index in [1.54, 1.807) is 0 Å². The molecule has 2 unspecified atom stereocenters. The van der Waals surface area contributed by atoms with Gasteiger partial charge in [-0.05, 0) is 49.6 Å². The quantitative estimate of drug-likeness (QED) is 0.487.